The molecule has 12 heteroatoms. The number of imidazole rings is 1. The lowest BCUT2D eigenvalue weighted by atomic mass is 10.1. The number of hydrogen-bond acceptors (Lipinski definition) is 9. The number of benzene rings is 1. The summed E-state index contributed by atoms with van der Waals surface area (Å²) in [4.78, 5) is 29.4. The van der Waals surface area contributed by atoms with Gasteiger partial charge < -0.3 is 25.6 Å². The molecule has 1 amide bonds. The van der Waals surface area contributed by atoms with Crippen LogP contribution in [0.25, 0.3) is 22.6 Å². The number of aliphatic hydroxyl groups is 2. The number of halogens is 1. The van der Waals surface area contributed by atoms with Crippen molar-refractivity contribution in [2.75, 3.05) is 12.4 Å². The van der Waals surface area contributed by atoms with Crippen LogP contribution in [-0.4, -0.2) is 66.0 Å². The summed E-state index contributed by atoms with van der Waals surface area (Å²) in [5, 5.41) is 26.6. The molecule has 4 unspecified atom stereocenters. The minimum absolute atomic E-state index is 0.165. The molecule has 0 saturated carbocycles. The number of ether oxygens (including phenoxy) is 1. The highest BCUT2D eigenvalue weighted by Crippen LogP contribution is 2.33. The van der Waals surface area contributed by atoms with Gasteiger partial charge in [-0.25, -0.2) is 19.3 Å². The number of carbonyl (C=O) groups is 1. The van der Waals surface area contributed by atoms with E-state index in [0.29, 0.717) is 23.4 Å². The Morgan fingerprint density at radius 1 is 1.17 bits per heavy atom. The first-order valence-electron chi connectivity index (χ1n) is 10.8. The van der Waals surface area contributed by atoms with Crippen molar-refractivity contribution >= 4 is 22.9 Å². The molecular formula is C23H22FN7O4. The number of aromatic nitrogens is 5. The molecule has 1 saturated heterocycles. The highest BCUT2D eigenvalue weighted by Gasteiger charge is 2.47. The topological polar surface area (TPSA) is 147 Å². The summed E-state index contributed by atoms with van der Waals surface area (Å²) in [7, 11) is 1.40. The van der Waals surface area contributed by atoms with Gasteiger partial charge in [0, 0.05) is 25.4 Å². The Morgan fingerprint density at radius 3 is 2.71 bits per heavy atom. The van der Waals surface area contributed by atoms with E-state index in [-0.39, 0.29) is 11.5 Å². The van der Waals surface area contributed by atoms with Gasteiger partial charge in [-0.1, -0.05) is 30.3 Å². The van der Waals surface area contributed by atoms with E-state index in [9.17, 15) is 19.4 Å². The molecule has 5 rings (SSSR count). The second-order valence-corrected chi connectivity index (χ2v) is 7.99. The van der Waals surface area contributed by atoms with Crippen LogP contribution in [-0.2, 0) is 16.1 Å². The number of pyridine rings is 1. The molecular weight excluding hydrogens is 457 g/mol. The highest BCUT2D eigenvalue weighted by molar-refractivity contribution is 5.85. The largest absolute Gasteiger partial charge is 0.387 e. The van der Waals surface area contributed by atoms with E-state index in [1.54, 1.807) is 0 Å². The number of carbonyl (C=O) groups excluding carboxylic acids is 1. The molecule has 0 bridgehead atoms. The average Bonchev–Trinajstić information content (AvgIpc) is 3.43. The Labute approximate surface area is 198 Å². The molecule has 4 N–H and O–H groups in total. The van der Waals surface area contributed by atoms with Crippen molar-refractivity contribution in [2.24, 2.45) is 0 Å². The van der Waals surface area contributed by atoms with E-state index < -0.39 is 36.3 Å². The number of rotatable bonds is 6. The summed E-state index contributed by atoms with van der Waals surface area (Å²) in [5.41, 5.74) is 1.95. The van der Waals surface area contributed by atoms with Crippen LogP contribution >= 0.6 is 0 Å². The normalized spacial score (nSPS) is 21.8. The molecule has 1 aliphatic rings. The number of likely N-dealkylation sites (N-methyl/N-ethyl adjacent to an activating group) is 1. The molecule has 11 nitrogen and oxygen atoms in total. The molecule has 4 atom stereocenters. The van der Waals surface area contributed by atoms with Gasteiger partial charge in [0.1, 0.15) is 18.0 Å². The summed E-state index contributed by atoms with van der Waals surface area (Å²) in [6.45, 7) is 0.431. The van der Waals surface area contributed by atoms with Gasteiger partial charge in [0.2, 0.25) is 0 Å². The Bertz CT molecular complexity index is 1370. The zero-order chi connectivity index (χ0) is 24.5. The first kappa shape index (κ1) is 22.8. The van der Waals surface area contributed by atoms with Crippen LogP contribution in [0.3, 0.4) is 0 Å². The number of nitrogens with one attached hydrogen (secondary N) is 2. The highest BCUT2D eigenvalue weighted by atomic mass is 19.1. The molecule has 1 fully saturated rings. The van der Waals surface area contributed by atoms with Crippen molar-refractivity contribution in [3.63, 3.8) is 0 Å². The van der Waals surface area contributed by atoms with Crippen molar-refractivity contribution in [3.8, 4) is 11.4 Å². The number of aliphatic hydroxyl groups excluding tert-OH is 2. The lowest BCUT2D eigenvalue weighted by Crippen LogP contribution is -2.41. The zero-order valence-corrected chi connectivity index (χ0v) is 18.5. The predicted molar refractivity (Wildman–Crippen MR) is 122 cm³/mol. The van der Waals surface area contributed by atoms with Crippen molar-refractivity contribution in [1.29, 1.82) is 0 Å². The molecule has 3 aromatic heterocycles. The Morgan fingerprint density at radius 2 is 1.97 bits per heavy atom. The third-order valence-corrected chi connectivity index (χ3v) is 5.70. The first-order chi connectivity index (χ1) is 17.0. The maximum atomic E-state index is 13.9. The first-order valence-corrected chi connectivity index (χ1v) is 10.8. The van der Waals surface area contributed by atoms with Crippen LogP contribution in [0.1, 0.15) is 11.8 Å². The van der Waals surface area contributed by atoms with E-state index in [1.807, 2.05) is 30.3 Å². The molecule has 0 aliphatic carbocycles. The minimum atomic E-state index is -1.46. The molecule has 0 spiro atoms. The van der Waals surface area contributed by atoms with Gasteiger partial charge in [0.15, 0.2) is 35.1 Å². The SMILES string of the molecule is CNC(=O)C1OC(n2cnc3c(NCc4ccccc4)nc(-c4cncc(F)c4)nc32)C(O)C1O. The standard InChI is InChI=1S/C23H22FN7O4/c1-25-22(34)18-16(32)17(33)23(35-18)31-11-28-15-20(27-8-12-5-3-2-4-6-12)29-19(30-21(15)31)13-7-14(24)10-26-9-13/h2-7,9-11,16-18,23,32-33H,8H2,1H3,(H,25,34)(H,27,29,30). The van der Waals surface area contributed by atoms with E-state index in [0.717, 1.165) is 11.8 Å². The van der Waals surface area contributed by atoms with Gasteiger partial charge in [0.05, 0.1) is 12.5 Å². The number of amides is 1. The van der Waals surface area contributed by atoms with Gasteiger partial charge in [-0.05, 0) is 11.6 Å². The lowest BCUT2D eigenvalue weighted by molar-refractivity contribution is -0.137. The maximum absolute atomic E-state index is 13.9. The zero-order valence-electron chi connectivity index (χ0n) is 18.5. The van der Waals surface area contributed by atoms with Crippen molar-refractivity contribution < 1.29 is 24.1 Å². The summed E-state index contributed by atoms with van der Waals surface area (Å²) in [6.07, 6.45) is -1.42. The second kappa shape index (κ2) is 9.33. The number of nitrogens with zero attached hydrogens (tertiary/aromatic N) is 5. The molecule has 35 heavy (non-hydrogen) atoms. The fourth-order valence-electron chi connectivity index (χ4n) is 3.92. The van der Waals surface area contributed by atoms with Gasteiger partial charge in [-0.3, -0.25) is 14.3 Å². The smallest absolute Gasteiger partial charge is 0.251 e. The molecule has 0 radical (unpaired) electrons. The summed E-state index contributed by atoms with van der Waals surface area (Å²) >= 11 is 0. The van der Waals surface area contributed by atoms with E-state index >= 15 is 0 Å². The van der Waals surface area contributed by atoms with Crippen LogP contribution in [0.15, 0.2) is 55.1 Å². The maximum Gasteiger partial charge on any atom is 0.251 e. The van der Waals surface area contributed by atoms with Crippen molar-refractivity contribution in [1.82, 2.24) is 29.8 Å². The lowest BCUT2D eigenvalue weighted by Gasteiger charge is -2.17. The fourth-order valence-corrected chi connectivity index (χ4v) is 3.92. The minimum Gasteiger partial charge on any atom is -0.387 e. The van der Waals surface area contributed by atoms with Gasteiger partial charge in [-0.2, -0.15) is 0 Å². The van der Waals surface area contributed by atoms with Gasteiger partial charge >= 0.3 is 0 Å². The summed E-state index contributed by atoms with van der Waals surface area (Å²) in [5.74, 6) is -0.593. The fraction of sp³-hybridized carbons (Fsp3) is 0.261. The third-order valence-electron chi connectivity index (χ3n) is 5.70. The van der Waals surface area contributed by atoms with Crippen molar-refractivity contribution in [3.05, 3.63) is 66.5 Å². The molecule has 1 aliphatic heterocycles. The summed E-state index contributed by atoms with van der Waals surface area (Å²) < 4.78 is 21.0. The van der Waals surface area contributed by atoms with Crippen molar-refractivity contribution in [2.45, 2.75) is 31.1 Å². The number of hydrogen-bond donors (Lipinski definition) is 4. The second-order valence-electron chi connectivity index (χ2n) is 7.99. The van der Waals surface area contributed by atoms with Crippen LogP contribution in [0.5, 0.6) is 0 Å². The molecule has 180 valence electrons. The average molecular weight is 479 g/mol. The third kappa shape index (κ3) is 4.30. The Balaban J connectivity index is 1.58. The number of fused-ring (bicyclic) bond motifs is 1. The monoisotopic (exact) mass is 479 g/mol. The summed E-state index contributed by atoms with van der Waals surface area (Å²) in [6, 6.07) is 10.9. The molecule has 1 aromatic carbocycles. The van der Waals surface area contributed by atoms with E-state index in [1.165, 1.54) is 30.2 Å². The van der Waals surface area contributed by atoms with Crippen LogP contribution in [0.2, 0.25) is 0 Å². The van der Waals surface area contributed by atoms with Gasteiger partial charge in [-0.15, -0.1) is 0 Å². The van der Waals surface area contributed by atoms with Crippen LogP contribution in [0, 0.1) is 5.82 Å². The van der Waals surface area contributed by atoms with Crippen LogP contribution in [0.4, 0.5) is 10.2 Å². The molecule has 4 aromatic rings. The van der Waals surface area contributed by atoms with Crippen LogP contribution < -0.4 is 10.6 Å². The number of anilines is 1. The Kier molecular flexibility index (Phi) is 6.07. The van der Waals surface area contributed by atoms with Gasteiger partial charge in [0.25, 0.3) is 5.91 Å². The molecule has 4 heterocycles. The quantitative estimate of drug-likeness (QED) is 0.318. The van der Waals surface area contributed by atoms with E-state index in [4.69, 9.17) is 4.74 Å². The van der Waals surface area contributed by atoms with E-state index in [2.05, 4.69) is 30.6 Å². The predicted octanol–water partition coefficient (Wildman–Crippen LogP) is 1.00. The Hall–Kier alpha value is -4.00.